The molecular weight excluding hydrogens is 271 g/mol. The molecule has 0 spiro atoms. The Hall–Kier alpha value is -2.50. The lowest BCUT2D eigenvalue weighted by molar-refractivity contribution is 0.0935. The van der Waals surface area contributed by atoms with E-state index in [1.54, 1.807) is 18.5 Å². The van der Waals surface area contributed by atoms with Crippen LogP contribution in [-0.2, 0) is 0 Å². The van der Waals surface area contributed by atoms with Gasteiger partial charge < -0.3 is 10.6 Å². The van der Waals surface area contributed by atoms with Gasteiger partial charge in [-0.05, 0) is 31.5 Å². The number of hydrogen-bond acceptors (Lipinski definition) is 4. The Bertz CT molecular complexity index is 618. The van der Waals surface area contributed by atoms with Gasteiger partial charge in [-0.1, -0.05) is 6.07 Å². The number of carbonyl (C=O) groups is 1. The average Bonchev–Trinajstić information content (AvgIpc) is 2.50. The summed E-state index contributed by atoms with van der Waals surface area (Å²) in [5, 5.41) is 5.53. The summed E-state index contributed by atoms with van der Waals surface area (Å²) in [4.78, 5) is 20.0. The van der Waals surface area contributed by atoms with Gasteiger partial charge in [0.15, 0.2) is 11.6 Å². The first-order valence-electron chi connectivity index (χ1n) is 6.72. The predicted octanol–water partition coefficient (Wildman–Crippen LogP) is 2.54. The average molecular weight is 288 g/mol. The SMILES string of the molecule is CCNc1nccc(C(=O)NC(C)c2cccnc2)c1F. The van der Waals surface area contributed by atoms with Gasteiger partial charge in [-0.2, -0.15) is 0 Å². The van der Waals surface area contributed by atoms with Crippen LogP contribution in [0.15, 0.2) is 36.8 Å². The Balaban J connectivity index is 2.15. The molecule has 2 N–H and O–H groups in total. The third-order valence-electron chi connectivity index (χ3n) is 3.01. The molecule has 0 aliphatic rings. The standard InChI is InChI=1S/C15H17FN4O/c1-3-18-14-13(16)12(6-8-19-14)15(21)20-10(2)11-5-4-7-17-9-11/h4-10H,3H2,1-2H3,(H,18,19)(H,20,21). The lowest BCUT2D eigenvalue weighted by Crippen LogP contribution is -2.28. The largest absolute Gasteiger partial charge is 0.368 e. The molecule has 0 saturated carbocycles. The van der Waals surface area contributed by atoms with Crippen molar-refractivity contribution in [2.45, 2.75) is 19.9 Å². The van der Waals surface area contributed by atoms with E-state index in [0.717, 1.165) is 5.56 Å². The van der Waals surface area contributed by atoms with Crippen molar-refractivity contribution in [3.05, 3.63) is 53.7 Å². The lowest BCUT2D eigenvalue weighted by Gasteiger charge is -2.15. The van der Waals surface area contributed by atoms with E-state index in [0.29, 0.717) is 6.54 Å². The van der Waals surface area contributed by atoms with Crippen LogP contribution in [0.2, 0.25) is 0 Å². The van der Waals surface area contributed by atoms with Gasteiger partial charge in [0, 0.05) is 25.1 Å². The van der Waals surface area contributed by atoms with Gasteiger partial charge in [-0.25, -0.2) is 9.37 Å². The number of amides is 1. The summed E-state index contributed by atoms with van der Waals surface area (Å²) in [7, 11) is 0. The second-order valence-corrected chi connectivity index (χ2v) is 4.53. The van der Waals surface area contributed by atoms with Crippen LogP contribution in [0.1, 0.15) is 35.8 Å². The molecule has 2 aromatic heterocycles. The van der Waals surface area contributed by atoms with Crippen LogP contribution >= 0.6 is 0 Å². The third-order valence-corrected chi connectivity index (χ3v) is 3.01. The number of halogens is 1. The van der Waals surface area contributed by atoms with Gasteiger partial charge in [0.05, 0.1) is 11.6 Å². The highest BCUT2D eigenvalue weighted by Gasteiger charge is 2.18. The van der Waals surface area contributed by atoms with Crippen LogP contribution in [-0.4, -0.2) is 22.4 Å². The number of rotatable bonds is 5. The van der Waals surface area contributed by atoms with Crippen LogP contribution in [0.5, 0.6) is 0 Å². The zero-order valence-corrected chi connectivity index (χ0v) is 11.9. The van der Waals surface area contributed by atoms with Crippen LogP contribution in [0.25, 0.3) is 0 Å². The Morgan fingerprint density at radius 3 is 2.86 bits per heavy atom. The first kappa shape index (κ1) is 14.9. The maximum atomic E-state index is 14.2. The minimum absolute atomic E-state index is 0.0308. The second kappa shape index (κ2) is 6.78. The maximum Gasteiger partial charge on any atom is 0.254 e. The smallest absolute Gasteiger partial charge is 0.254 e. The summed E-state index contributed by atoms with van der Waals surface area (Å²) in [5.41, 5.74) is 0.823. The molecule has 0 radical (unpaired) electrons. The molecule has 1 atom stereocenters. The van der Waals surface area contributed by atoms with Crippen molar-refractivity contribution < 1.29 is 9.18 Å². The number of anilines is 1. The number of nitrogens with one attached hydrogen (secondary N) is 2. The molecule has 0 saturated heterocycles. The fourth-order valence-corrected chi connectivity index (χ4v) is 1.90. The van der Waals surface area contributed by atoms with E-state index >= 15 is 0 Å². The fourth-order valence-electron chi connectivity index (χ4n) is 1.90. The van der Waals surface area contributed by atoms with Gasteiger partial charge in [-0.15, -0.1) is 0 Å². The zero-order chi connectivity index (χ0) is 15.2. The number of aromatic nitrogens is 2. The summed E-state index contributed by atoms with van der Waals surface area (Å²) in [6, 6.07) is 4.74. The van der Waals surface area contributed by atoms with E-state index in [1.807, 2.05) is 19.9 Å². The molecule has 6 heteroatoms. The molecule has 0 bridgehead atoms. The monoisotopic (exact) mass is 288 g/mol. The first-order valence-corrected chi connectivity index (χ1v) is 6.72. The Kier molecular flexibility index (Phi) is 4.81. The second-order valence-electron chi connectivity index (χ2n) is 4.53. The number of carbonyl (C=O) groups excluding carboxylic acids is 1. The van der Waals surface area contributed by atoms with Crippen LogP contribution in [0.3, 0.4) is 0 Å². The molecular formula is C15H17FN4O. The Morgan fingerprint density at radius 1 is 1.38 bits per heavy atom. The van der Waals surface area contributed by atoms with Gasteiger partial charge in [0.1, 0.15) is 0 Å². The number of hydrogen-bond donors (Lipinski definition) is 2. The Morgan fingerprint density at radius 2 is 2.19 bits per heavy atom. The molecule has 2 heterocycles. The molecule has 0 aliphatic heterocycles. The third kappa shape index (κ3) is 3.53. The molecule has 2 aromatic rings. The van der Waals surface area contributed by atoms with Crippen LogP contribution < -0.4 is 10.6 Å². The predicted molar refractivity (Wildman–Crippen MR) is 78.5 cm³/mol. The zero-order valence-electron chi connectivity index (χ0n) is 11.9. The lowest BCUT2D eigenvalue weighted by atomic mass is 10.1. The minimum Gasteiger partial charge on any atom is -0.368 e. The molecule has 0 aromatic carbocycles. The molecule has 5 nitrogen and oxygen atoms in total. The topological polar surface area (TPSA) is 66.9 Å². The highest BCUT2D eigenvalue weighted by molar-refractivity contribution is 5.95. The van der Waals surface area contributed by atoms with Crippen molar-refractivity contribution in [1.29, 1.82) is 0 Å². The Labute approximate surface area is 122 Å². The molecule has 0 fully saturated rings. The number of nitrogens with zero attached hydrogens (tertiary/aromatic N) is 2. The summed E-state index contributed by atoms with van der Waals surface area (Å²) in [6.07, 6.45) is 4.73. The van der Waals surface area contributed by atoms with Gasteiger partial charge in [0.2, 0.25) is 0 Å². The first-order chi connectivity index (χ1) is 10.1. The van der Waals surface area contributed by atoms with Crippen molar-refractivity contribution >= 4 is 11.7 Å². The molecule has 1 unspecified atom stereocenters. The summed E-state index contributed by atoms with van der Waals surface area (Å²) in [6.45, 7) is 4.18. The van der Waals surface area contributed by atoms with Gasteiger partial charge in [0.25, 0.3) is 5.91 Å². The normalized spacial score (nSPS) is 11.8. The fraction of sp³-hybridized carbons (Fsp3) is 0.267. The summed E-state index contributed by atoms with van der Waals surface area (Å²) >= 11 is 0. The summed E-state index contributed by atoms with van der Waals surface area (Å²) in [5.74, 6) is -1.04. The molecule has 21 heavy (non-hydrogen) atoms. The van der Waals surface area contributed by atoms with Crippen molar-refractivity contribution in [2.24, 2.45) is 0 Å². The van der Waals surface area contributed by atoms with E-state index < -0.39 is 11.7 Å². The van der Waals surface area contributed by atoms with Crippen molar-refractivity contribution in [3.63, 3.8) is 0 Å². The highest BCUT2D eigenvalue weighted by atomic mass is 19.1. The van der Waals surface area contributed by atoms with Crippen LogP contribution in [0, 0.1) is 5.82 Å². The minimum atomic E-state index is -0.643. The van der Waals surface area contributed by atoms with E-state index in [2.05, 4.69) is 20.6 Å². The van der Waals surface area contributed by atoms with Crippen molar-refractivity contribution in [3.8, 4) is 0 Å². The van der Waals surface area contributed by atoms with Crippen LogP contribution in [0.4, 0.5) is 10.2 Å². The maximum absolute atomic E-state index is 14.2. The van der Waals surface area contributed by atoms with E-state index in [-0.39, 0.29) is 17.4 Å². The quantitative estimate of drug-likeness (QED) is 0.887. The van der Waals surface area contributed by atoms with Crippen molar-refractivity contribution in [2.75, 3.05) is 11.9 Å². The molecule has 110 valence electrons. The summed E-state index contributed by atoms with van der Waals surface area (Å²) < 4.78 is 14.2. The molecule has 0 aliphatic carbocycles. The molecule has 2 rings (SSSR count). The van der Waals surface area contributed by atoms with Gasteiger partial charge in [-0.3, -0.25) is 9.78 Å². The van der Waals surface area contributed by atoms with Crippen molar-refractivity contribution in [1.82, 2.24) is 15.3 Å². The van der Waals surface area contributed by atoms with Gasteiger partial charge >= 0.3 is 0 Å². The van der Waals surface area contributed by atoms with E-state index in [1.165, 1.54) is 12.3 Å². The van der Waals surface area contributed by atoms with E-state index in [9.17, 15) is 9.18 Å². The highest BCUT2D eigenvalue weighted by Crippen LogP contribution is 2.17. The van der Waals surface area contributed by atoms with E-state index in [4.69, 9.17) is 0 Å². The number of pyridine rings is 2. The molecule has 1 amide bonds.